The second-order valence-electron chi connectivity index (χ2n) is 5.01. The summed E-state index contributed by atoms with van der Waals surface area (Å²) in [5.74, 6) is 1.88. The van der Waals surface area contributed by atoms with Gasteiger partial charge in [-0.2, -0.15) is 0 Å². The fraction of sp³-hybridized carbons (Fsp3) is 0.750. The highest BCUT2D eigenvalue weighted by Crippen LogP contribution is 2.19. The van der Waals surface area contributed by atoms with Gasteiger partial charge in [0.2, 0.25) is 0 Å². The summed E-state index contributed by atoms with van der Waals surface area (Å²) in [4.78, 5) is 3.14. The van der Waals surface area contributed by atoms with E-state index in [0.29, 0.717) is 17.8 Å². The molecule has 1 rings (SSSR count). The van der Waals surface area contributed by atoms with E-state index in [1.807, 2.05) is 6.20 Å². The Morgan fingerprint density at radius 3 is 2.33 bits per heavy atom. The van der Waals surface area contributed by atoms with Crippen molar-refractivity contribution in [2.45, 2.75) is 47.1 Å². The molecule has 1 unspecified atom stereocenters. The number of aromatic amines is 1. The van der Waals surface area contributed by atoms with E-state index >= 15 is 0 Å². The Labute approximate surface area is 97.7 Å². The minimum Gasteiger partial charge on any atom is -0.337 e. The van der Waals surface area contributed by atoms with Crippen molar-refractivity contribution in [3.63, 3.8) is 0 Å². The number of rotatable bonds is 4. The van der Waals surface area contributed by atoms with Crippen LogP contribution in [0.4, 0.5) is 0 Å². The second-order valence-corrected chi connectivity index (χ2v) is 5.39. The molecule has 86 valence electrons. The maximum absolute atomic E-state index is 5.30. The summed E-state index contributed by atoms with van der Waals surface area (Å²) in [6.45, 7) is 12.2. The molecule has 0 saturated carbocycles. The topological polar surface area (TPSA) is 20.7 Å². The van der Waals surface area contributed by atoms with Crippen LogP contribution in [0.1, 0.15) is 46.2 Å². The number of nitrogens with zero attached hydrogens (tertiary/aromatic N) is 1. The Bertz CT molecular complexity index is 360. The SMILES string of the molecule is CC(C)c1c[nH]c(=S)n1CC(C)C(C)C. The summed E-state index contributed by atoms with van der Waals surface area (Å²) < 4.78 is 3.09. The quantitative estimate of drug-likeness (QED) is 0.771. The van der Waals surface area contributed by atoms with Crippen LogP contribution in [0.3, 0.4) is 0 Å². The van der Waals surface area contributed by atoms with Gasteiger partial charge in [-0.15, -0.1) is 0 Å². The number of hydrogen-bond acceptors (Lipinski definition) is 1. The minimum atomic E-state index is 0.525. The van der Waals surface area contributed by atoms with Gasteiger partial charge in [0, 0.05) is 18.4 Å². The van der Waals surface area contributed by atoms with E-state index in [1.54, 1.807) is 0 Å². The summed E-state index contributed by atoms with van der Waals surface area (Å²) in [7, 11) is 0. The molecule has 0 radical (unpaired) electrons. The molecule has 1 atom stereocenters. The van der Waals surface area contributed by atoms with E-state index in [9.17, 15) is 0 Å². The van der Waals surface area contributed by atoms with Gasteiger partial charge in [-0.25, -0.2) is 0 Å². The summed E-state index contributed by atoms with van der Waals surface area (Å²) in [5, 5.41) is 0. The Morgan fingerprint density at radius 2 is 1.87 bits per heavy atom. The van der Waals surface area contributed by atoms with Gasteiger partial charge in [0.25, 0.3) is 0 Å². The summed E-state index contributed by atoms with van der Waals surface area (Å²) in [5.41, 5.74) is 1.31. The largest absolute Gasteiger partial charge is 0.337 e. The highest BCUT2D eigenvalue weighted by molar-refractivity contribution is 7.71. The van der Waals surface area contributed by atoms with Crippen molar-refractivity contribution in [3.05, 3.63) is 16.7 Å². The Hall–Kier alpha value is -0.570. The first-order valence-corrected chi connectivity index (χ1v) is 6.12. The standard InChI is InChI=1S/C12H22N2S/c1-8(2)10(5)7-14-11(9(3)4)6-13-12(14)15/h6,8-10H,7H2,1-5H3,(H,13,15). The van der Waals surface area contributed by atoms with E-state index in [4.69, 9.17) is 12.2 Å². The van der Waals surface area contributed by atoms with Crippen LogP contribution in [0.15, 0.2) is 6.20 Å². The Morgan fingerprint density at radius 1 is 1.27 bits per heavy atom. The molecular formula is C12H22N2S. The van der Waals surface area contributed by atoms with Crippen LogP contribution < -0.4 is 0 Å². The minimum absolute atomic E-state index is 0.525. The highest BCUT2D eigenvalue weighted by atomic mass is 32.1. The third-order valence-corrected chi connectivity index (χ3v) is 3.44. The predicted molar refractivity (Wildman–Crippen MR) is 67.7 cm³/mol. The summed E-state index contributed by atoms with van der Waals surface area (Å²) in [6.07, 6.45) is 2.04. The van der Waals surface area contributed by atoms with E-state index < -0.39 is 0 Å². The number of imidazole rings is 1. The summed E-state index contributed by atoms with van der Waals surface area (Å²) >= 11 is 5.30. The number of hydrogen-bond donors (Lipinski definition) is 1. The third-order valence-electron chi connectivity index (χ3n) is 3.10. The molecule has 0 aliphatic carbocycles. The van der Waals surface area contributed by atoms with Gasteiger partial charge in [0.15, 0.2) is 4.77 Å². The molecule has 1 N–H and O–H groups in total. The van der Waals surface area contributed by atoms with E-state index in [-0.39, 0.29) is 0 Å². The average molecular weight is 226 g/mol. The van der Waals surface area contributed by atoms with Crippen LogP contribution in [-0.4, -0.2) is 9.55 Å². The maximum Gasteiger partial charge on any atom is 0.177 e. The van der Waals surface area contributed by atoms with Gasteiger partial charge < -0.3 is 9.55 Å². The van der Waals surface area contributed by atoms with Crippen molar-refractivity contribution >= 4 is 12.2 Å². The third kappa shape index (κ3) is 2.94. The Kier molecular flexibility index (Phi) is 4.14. The molecule has 0 saturated heterocycles. The predicted octanol–water partition coefficient (Wildman–Crippen LogP) is 3.96. The normalized spacial score (nSPS) is 13.8. The number of nitrogens with one attached hydrogen (secondary N) is 1. The number of aromatic nitrogens is 2. The van der Waals surface area contributed by atoms with Gasteiger partial charge in [-0.1, -0.05) is 34.6 Å². The lowest BCUT2D eigenvalue weighted by atomic mass is 9.98. The first-order chi connectivity index (χ1) is 6.93. The molecule has 1 aromatic rings. The smallest absolute Gasteiger partial charge is 0.177 e. The molecule has 0 aliphatic heterocycles. The molecule has 1 heterocycles. The van der Waals surface area contributed by atoms with Gasteiger partial charge in [-0.05, 0) is 30.0 Å². The molecule has 2 nitrogen and oxygen atoms in total. The van der Waals surface area contributed by atoms with Crippen molar-refractivity contribution < 1.29 is 0 Å². The fourth-order valence-corrected chi connectivity index (χ4v) is 1.81. The molecule has 0 amide bonds. The molecular weight excluding hydrogens is 204 g/mol. The van der Waals surface area contributed by atoms with Crippen LogP contribution in [-0.2, 0) is 6.54 Å². The first kappa shape index (κ1) is 12.5. The molecule has 0 spiro atoms. The van der Waals surface area contributed by atoms with Crippen LogP contribution in [0.2, 0.25) is 0 Å². The van der Waals surface area contributed by atoms with Crippen LogP contribution >= 0.6 is 12.2 Å². The zero-order chi connectivity index (χ0) is 11.6. The van der Waals surface area contributed by atoms with Gasteiger partial charge >= 0.3 is 0 Å². The molecule has 0 bridgehead atoms. The maximum atomic E-state index is 5.30. The van der Waals surface area contributed by atoms with E-state index in [1.165, 1.54) is 5.69 Å². The van der Waals surface area contributed by atoms with E-state index in [2.05, 4.69) is 44.2 Å². The van der Waals surface area contributed by atoms with Gasteiger partial charge in [0.1, 0.15) is 0 Å². The van der Waals surface area contributed by atoms with Crippen LogP contribution in [0, 0.1) is 16.6 Å². The lowest BCUT2D eigenvalue weighted by molar-refractivity contribution is 0.357. The monoisotopic (exact) mass is 226 g/mol. The van der Waals surface area contributed by atoms with Crippen molar-refractivity contribution in [1.29, 1.82) is 0 Å². The van der Waals surface area contributed by atoms with Crippen LogP contribution in [0.5, 0.6) is 0 Å². The number of H-pyrrole nitrogens is 1. The highest BCUT2D eigenvalue weighted by Gasteiger charge is 2.13. The zero-order valence-corrected chi connectivity index (χ0v) is 11.2. The van der Waals surface area contributed by atoms with Gasteiger partial charge in [0.05, 0.1) is 0 Å². The first-order valence-electron chi connectivity index (χ1n) is 5.71. The van der Waals surface area contributed by atoms with Gasteiger partial charge in [-0.3, -0.25) is 0 Å². The molecule has 1 aromatic heterocycles. The Balaban J connectivity index is 2.93. The summed E-state index contributed by atoms with van der Waals surface area (Å²) in [6, 6.07) is 0. The second kappa shape index (κ2) is 4.97. The fourth-order valence-electron chi connectivity index (χ4n) is 1.57. The van der Waals surface area contributed by atoms with Crippen LogP contribution in [0.25, 0.3) is 0 Å². The van der Waals surface area contributed by atoms with Crippen molar-refractivity contribution in [2.75, 3.05) is 0 Å². The average Bonchev–Trinajstić information content (AvgIpc) is 2.48. The van der Waals surface area contributed by atoms with Crippen molar-refractivity contribution in [2.24, 2.45) is 11.8 Å². The van der Waals surface area contributed by atoms with Crippen molar-refractivity contribution in [3.8, 4) is 0 Å². The zero-order valence-electron chi connectivity index (χ0n) is 10.4. The molecule has 0 fully saturated rings. The molecule has 15 heavy (non-hydrogen) atoms. The lowest BCUT2D eigenvalue weighted by Gasteiger charge is -2.19. The lowest BCUT2D eigenvalue weighted by Crippen LogP contribution is -2.15. The van der Waals surface area contributed by atoms with Crippen molar-refractivity contribution in [1.82, 2.24) is 9.55 Å². The molecule has 0 aromatic carbocycles. The molecule has 0 aliphatic rings. The molecule has 3 heteroatoms. The van der Waals surface area contributed by atoms with E-state index in [0.717, 1.165) is 11.3 Å².